The predicted molar refractivity (Wildman–Crippen MR) is 93.9 cm³/mol. The normalized spacial score (nSPS) is 12.4. The van der Waals surface area contributed by atoms with E-state index in [4.69, 9.17) is 0 Å². The van der Waals surface area contributed by atoms with Crippen molar-refractivity contribution in [2.75, 3.05) is 10.6 Å². The first-order valence-corrected chi connectivity index (χ1v) is 9.49. The minimum Gasteiger partial charge on any atom is -0.350 e. The summed E-state index contributed by atoms with van der Waals surface area (Å²) >= 11 is 0. The second-order valence-corrected chi connectivity index (χ2v) is 7.26. The monoisotopic (exact) mass is 347 g/mol. The van der Waals surface area contributed by atoms with E-state index in [9.17, 15) is 13.2 Å². The van der Waals surface area contributed by atoms with Crippen molar-refractivity contribution in [2.45, 2.75) is 25.9 Å². The van der Waals surface area contributed by atoms with E-state index in [0.29, 0.717) is 18.7 Å². The number of nitrogens with one attached hydrogen (secondary N) is 1. The average molecular weight is 347 g/mol. The highest BCUT2D eigenvalue weighted by Gasteiger charge is 2.31. The summed E-state index contributed by atoms with van der Waals surface area (Å²) in [4.78, 5) is 16.6. The van der Waals surface area contributed by atoms with Crippen LogP contribution < -0.4 is 9.62 Å². The summed E-state index contributed by atoms with van der Waals surface area (Å²) in [5.41, 5.74) is 1.33. The molecule has 2 aromatic rings. The van der Waals surface area contributed by atoms with E-state index >= 15 is 0 Å². The molecule has 0 saturated carbocycles. The molecule has 0 spiro atoms. The van der Waals surface area contributed by atoms with Crippen molar-refractivity contribution in [1.82, 2.24) is 10.3 Å². The van der Waals surface area contributed by atoms with Crippen LogP contribution in [0.2, 0.25) is 0 Å². The fourth-order valence-corrected chi connectivity index (χ4v) is 3.66. The van der Waals surface area contributed by atoms with E-state index in [1.165, 1.54) is 4.31 Å². The minimum atomic E-state index is -3.60. The lowest BCUT2D eigenvalue weighted by Crippen LogP contribution is -2.49. The first-order chi connectivity index (χ1) is 11.4. The van der Waals surface area contributed by atoms with Crippen LogP contribution in [0.25, 0.3) is 0 Å². The lowest BCUT2D eigenvalue weighted by Gasteiger charge is -2.30. The van der Waals surface area contributed by atoms with Crippen molar-refractivity contribution in [3.8, 4) is 0 Å². The Balaban J connectivity index is 2.21. The van der Waals surface area contributed by atoms with E-state index in [2.05, 4.69) is 10.3 Å². The minimum absolute atomic E-state index is 0.301. The van der Waals surface area contributed by atoms with Gasteiger partial charge in [-0.15, -0.1) is 0 Å². The number of carbonyl (C=O) groups excluding carboxylic acids is 1. The molecule has 1 aromatic carbocycles. The van der Waals surface area contributed by atoms with E-state index in [0.717, 1.165) is 11.8 Å². The molecule has 128 valence electrons. The van der Waals surface area contributed by atoms with Crippen LogP contribution in [0, 0.1) is 0 Å². The lowest BCUT2D eigenvalue weighted by molar-refractivity contribution is -0.122. The van der Waals surface area contributed by atoms with Crippen LogP contribution in [0.1, 0.15) is 18.9 Å². The number of aromatic nitrogens is 1. The Morgan fingerprint density at radius 3 is 2.46 bits per heavy atom. The van der Waals surface area contributed by atoms with Crippen LogP contribution in [0.15, 0.2) is 54.9 Å². The Kier molecular flexibility index (Phi) is 5.92. The standard InChI is InChI=1S/C17H21N3O3S/c1-3-16(17(21)19-13-14-8-7-11-18-12-14)20(24(2,22)23)15-9-5-4-6-10-15/h4-12,16H,3,13H2,1-2H3,(H,19,21)/t16-/m0/s1. The molecule has 6 nitrogen and oxygen atoms in total. The van der Waals surface area contributed by atoms with Gasteiger partial charge in [0, 0.05) is 18.9 Å². The Morgan fingerprint density at radius 2 is 1.92 bits per heavy atom. The van der Waals surface area contributed by atoms with E-state index in [1.54, 1.807) is 55.7 Å². The Bertz CT molecular complexity index is 764. The first kappa shape index (κ1) is 17.9. The van der Waals surface area contributed by atoms with Gasteiger partial charge in [0.05, 0.1) is 11.9 Å². The first-order valence-electron chi connectivity index (χ1n) is 7.64. The van der Waals surface area contributed by atoms with Gasteiger partial charge in [0.25, 0.3) is 0 Å². The van der Waals surface area contributed by atoms with Crippen molar-refractivity contribution in [2.24, 2.45) is 0 Å². The number of sulfonamides is 1. The predicted octanol–water partition coefficient (Wildman–Crippen LogP) is 1.94. The van der Waals surface area contributed by atoms with Gasteiger partial charge < -0.3 is 5.32 Å². The number of hydrogen-bond acceptors (Lipinski definition) is 4. The van der Waals surface area contributed by atoms with Gasteiger partial charge in [-0.2, -0.15) is 0 Å². The molecule has 0 aliphatic carbocycles. The summed E-state index contributed by atoms with van der Waals surface area (Å²) in [5, 5.41) is 2.79. The van der Waals surface area contributed by atoms with Crippen molar-refractivity contribution in [3.63, 3.8) is 0 Å². The molecule has 0 fully saturated rings. The van der Waals surface area contributed by atoms with Crippen LogP contribution in [-0.4, -0.2) is 31.6 Å². The van der Waals surface area contributed by atoms with E-state index < -0.39 is 16.1 Å². The fraction of sp³-hybridized carbons (Fsp3) is 0.294. The molecule has 7 heteroatoms. The molecule has 1 N–H and O–H groups in total. The van der Waals surface area contributed by atoms with Gasteiger partial charge in [-0.3, -0.25) is 14.1 Å². The lowest BCUT2D eigenvalue weighted by atomic mass is 10.2. The second-order valence-electron chi connectivity index (χ2n) is 5.40. The number of hydrogen-bond donors (Lipinski definition) is 1. The molecule has 0 aliphatic heterocycles. The van der Waals surface area contributed by atoms with Gasteiger partial charge in [-0.1, -0.05) is 31.2 Å². The smallest absolute Gasteiger partial charge is 0.244 e. The number of pyridine rings is 1. The third kappa shape index (κ3) is 4.55. The number of rotatable bonds is 7. The van der Waals surface area contributed by atoms with Crippen LogP contribution in [0.3, 0.4) is 0 Å². The Morgan fingerprint density at radius 1 is 1.21 bits per heavy atom. The average Bonchev–Trinajstić information content (AvgIpc) is 2.58. The summed E-state index contributed by atoms with van der Waals surface area (Å²) in [6.07, 6.45) is 4.78. The van der Waals surface area contributed by atoms with Crippen molar-refractivity contribution < 1.29 is 13.2 Å². The zero-order valence-corrected chi connectivity index (χ0v) is 14.5. The number of amides is 1. The molecule has 0 bridgehead atoms. The van der Waals surface area contributed by atoms with E-state index in [-0.39, 0.29) is 5.91 Å². The third-order valence-corrected chi connectivity index (χ3v) is 4.71. The van der Waals surface area contributed by atoms with E-state index in [1.807, 2.05) is 6.07 Å². The molecule has 1 atom stereocenters. The molecular formula is C17H21N3O3S. The maximum Gasteiger partial charge on any atom is 0.244 e. The number of para-hydroxylation sites is 1. The van der Waals surface area contributed by atoms with Gasteiger partial charge >= 0.3 is 0 Å². The molecule has 24 heavy (non-hydrogen) atoms. The maximum absolute atomic E-state index is 12.6. The molecular weight excluding hydrogens is 326 g/mol. The molecule has 1 amide bonds. The van der Waals surface area contributed by atoms with Crippen molar-refractivity contribution >= 4 is 21.6 Å². The second kappa shape index (κ2) is 7.92. The fourth-order valence-electron chi connectivity index (χ4n) is 2.44. The SMILES string of the molecule is CC[C@@H](C(=O)NCc1cccnc1)N(c1ccccc1)S(C)(=O)=O. The van der Waals surface area contributed by atoms with Gasteiger partial charge in [0.15, 0.2) is 0 Å². The maximum atomic E-state index is 12.6. The van der Waals surface area contributed by atoms with Crippen molar-refractivity contribution in [3.05, 3.63) is 60.4 Å². The summed E-state index contributed by atoms with van der Waals surface area (Å²) < 4.78 is 25.7. The molecule has 0 saturated heterocycles. The number of anilines is 1. The van der Waals surface area contributed by atoms with Gasteiger partial charge in [0.1, 0.15) is 6.04 Å². The molecule has 1 heterocycles. The largest absolute Gasteiger partial charge is 0.350 e. The number of nitrogens with zero attached hydrogens (tertiary/aromatic N) is 2. The number of carbonyl (C=O) groups is 1. The Hall–Kier alpha value is -2.41. The topological polar surface area (TPSA) is 79.4 Å². The summed E-state index contributed by atoms with van der Waals surface area (Å²) in [6.45, 7) is 2.09. The molecule has 0 radical (unpaired) electrons. The zero-order chi connectivity index (χ0) is 17.6. The van der Waals surface area contributed by atoms with Gasteiger partial charge in [-0.25, -0.2) is 8.42 Å². The molecule has 1 aromatic heterocycles. The quantitative estimate of drug-likeness (QED) is 0.830. The zero-order valence-electron chi connectivity index (χ0n) is 13.7. The Labute approximate surface area is 142 Å². The van der Waals surface area contributed by atoms with Crippen LogP contribution >= 0.6 is 0 Å². The highest BCUT2D eigenvalue weighted by molar-refractivity contribution is 7.92. The van der Waals surface area contributed by atoms with Crippen LogP contribution in [-0.2, 0) is 21.4 Å². The molecule has 0 aliphatic rings. The highest BCUT2D eigenvalue weighted by Crippen LogP contribution is 2.22. The number of benzene rings is 1. The van der Waals surface area contributed by atoms with Gasteiger partial charge in [0.2, 0.25) is 15.9 Å². The van der Waals surface area contributed by atoms with Crippen LogP contribution in [0.4, 0.5) is 5.69 Å². The summed E-state index contributed by atoms with van der Waals surface area (Å²) in [7, 11) is -3.60. The third-order valence-electron chi connectivity index (χ3n) is 3.53. The summed E-state index contributed by atoms with van der Waals surface area (Å²) in [6, 6.07) is 11.5. The van der Waals surface area contributed by atoms with Crippen molar-refractivity contribution in [1.29, 1.82) is 0 Å². The molecule has 0 unspecified atom stereocenters. The highest BCUT2D eigenvalue weighted by atomic mass is 32.2. The van der Waals surface area contributed by atoms with Crippen LogP contribution in [0.5, 0.6) is 0 Å². The molecule has 2 rings (SSSR count). The van der Waals surface area contributed by atoms with Gasteiger partial charge in [-0.05, 0) is 30.2 Å². The summed E-state index contributed by atoms with van der Waals surface area (Å²) in [5.74, 6) is -0.337.